The Hall–Kier alpha value is -2.14. The average molecular weight is 345 g/mol. The van der Waals surface area contributed by atoms with E-state index in [-0.39, 0.29) is 5.56 Å². The van der Waals surface area contributed by atoms with Gasteiger partial charge in [0.25, 0.3) is 5.56 Å². The predicted molar refractivity (Wildman–Crippen MR) is 86.7 cm³/mol. The van der Waals surface area contributed by atoms with Crippen molar-refractivity contribution in [1.82, 2.24) is 9.97 Å². The lowest BCUT2D eigenvalue weighted by Gasteiger charge is -2.10. The third-order valence-electron chi connectivity index (χ3n) is 3.11. The highest BCUT2D eigenvalue weighted by Crippen LogP contribution is 2.30. The van der Waals surface area contributed by atoms with Gasteiger partial charge in [-0.2, -0.15) is 0 Å². The van der Waals surface area contributed by atoms with Gasteiger partial charge >= 0.3 is 0 Å². The molecule has 106 valence electrons. The minimum absolute atomic E-state index is 0.155. The van der Waals surface area contributed by atoms with Crippen LogP contribution in [-0.2, 0) is 0 Å². The van der Waals surface area contributed by atoms with Gasteiger partial charge in [0.1, 0.15) is 11.6 Å². The van der Waals surface area contributed by atoms with Crippen molar-refractivity contribution in [3.05, 3.63) is 57.3 Å². The number of benzene rings is 2. The summed E-state index contributed by atoms with van der Waals surface area (Å²) in [6, 6.07) is 12.9. The van der Waals surface area contributed by atoms with Gasteiger partial charge in [-0.1, -0.05) is 28.1 Å². The third kappa shape index (κ3) is 2.69. The van der Waals surface area contributed by atoms with Crippen molar-refractivity contribution in [3.8, 4) is 17.1 Å². The highest BCUT2D eigenvalue weighted by atomic mass is 79.9. The monoisotopic (exact) mass is 344 g/mol. The summed E-state index contributed by atoms with van der Waals surface area (Å²) in [5.41, 5.74) is 1.27. The Morgan fingerprint density at radius 3 is 2.86 bits per heavy atom. The molecule has 1 N–H and O–H groups in total. The second kappa shape index (κ2) is 5.69. The van der Waals surface area contributed by atoms with Crippen LogP contribution in [-0.4, -0.2) is 16.6 Å². The van der Waals surface area contributed by atoms with Crippen molar-refractivity contribution in [2.45, 2.75) is 6.92 Å². The molecular weight excluding hydrogens is 332 g/mol. The number of hydrogen-bond acceptors (Lipinski definition) is 3. The van der Waals surface area contributed by atoms with Gasteiger partial charge in [0.05, 0.1) is 23.1 Å². The van der Waals surface area contributed by atoms with E-state index in [1.165, 1.54) is 0 Å². The number of rotatable bonds is 3. The Morgan fingerprint density at radius 1 is 1.24 bits per heavy atom. The number of ether oxygens (including phenoxy) is 1. The van der Waals surface area contributed by atoms with Crippen LogP contribution in [0.25, 0.3) is 22.3 Å². The van der Waals surface area contributed by atoms with E-state index in [0.717, 1.165) is 10.0 Å². The first-order valence-corrected chi connectivity index (χ1v) is 7.40. The highest BCUT2D eigenvalue weighted by Gasteiger charge is 2.11. The summed E-state index contributed by atoms with van der Waals surface area (Å²) in [4.78, 5) is 19.5. The summed E-state index contributed by atoms with van der Waals surface area (Å²) in [5.74, 6) is 1.20. The molecule has 0 radical (unpaired) electrons. The first-order valence-electron chi connectivity index (χ1n) is 6.61. The maximum absolute atomic E-state index is 12.2. The molecule has 0 spiro atoms. The lowest BCUT2D eigenvalue weighted by molar-refractivity contribution is 0.341. The van der Waals surface area contributed by atoms with Crippen molar-refractivity contribution in [2.24, 2.45) is 0 Å². The van der Waals surface area contributed by atoms with Crippen LogP contribution in [0, 0.1) is 0 Å². The zero-order valence-electron chi connectivity index (χ0n) is 11.4. The lowest BCUT2D eigenvalue weighted by Crippen LogP contribution is -2.10. The van der Waals surface area contributed by atoms with E-state index in [1.54, 1.807) is 6.07 Å². The Balaban J connectivity index is 2.25. The molecule has 0 saturated heterocycles. The van der Waals surface area contributed by atoms with E-state index >= 15 is 0 Å². The molecule has 0 unspecified atom stereocenters. The van der Waals surface area contributed by atoms with Crippen LogP contribution in [0.1, 0.15) is 6.92 Å². The molecule has 3 aromatic rings. The molecule has 5 heteroatoms. The topological polar surface area (TPSA) is 55.0 Å². The van der Waals surface area contributed by atoms with E-state index in [9.17, 15) is 4.79 Å². The van der Waals surface area contributed by atoms with Crippen molar-refractivity contribution >= 4 is 26.8 Å². The van der Waals surface area contributed by atoms with E-state index in [1.807, 2.05) is 43.3 Å². The fourth-order valence-corrected chi connectivity index (χ4v) is 2.54. The van der Waals surface area contributed by atoms with E-state index in [4.69, 9.17) is 4.74 Å². The van der Waals surface area contributed by atoms with Crippen molar-refractivity contribution in [2.75, 3.05) is 6.61 Å². The van der Waals surface area contributed by atoms with Gasteiger partial charge in [-0.25, -0.2) is 4.98 Å². The van der Waals surface area contributed by atoms with Gasteiger partial charge in [0.15, 0.2) is 0 Å². The number of para-hydroxylation sites is 1. The molecule has 0 fully saturated rings. The molecule has 0 bridgehead atoms. The maximum Gasteiger partial charge on any atom is 0.259 e. The number of H-pyrrole nitrogens is 1. The van der Waals surface area contributed by atoms with Crippen molar-refractivity contribution in [1.29, 1.82) is 0 Å². The van der Waals surface area contributed by atoms with Gasteiger partial charge in [0.2, 0.25) is 0 Å². The normalized spacial score (nSPS) is 10.8. The molecule has 2 aromatic carbocycles. The fourth-order valence-electron chi connectivity index (χ4n) is 2.18. The molecule has 0 aliphatic heterocycles. The molecule has 3 rings (SSSR count). The standard InChI is InChI=1S/C16H13BrN2O2/c1-2-21-14-8-7-10(17)9-12(14)15-18-13-6-4-3-5-11(13)16(20)19-15/h3-9H,2H2,1H3,(H,18,19,20). The number of aromatic nitrogens is 2. The SMILES string of the molecule is CCOc1ccc(Br)cc1-c1nc2ccccc2c(=O)[nH]1. The van der Waals surface area contributed by atoms with Crippen LogP contribution in [0.15, 0.2) is 51.7 Å². The van der Waals surface area contributed by atoms with Crippen molar-refractivity contribution < 1.29 is 4.74 Å². The van der Waals surface area contributed by atoms with E-state index < -0.39 is 0 Å². The number of aromatic amines is 1. The van der Waals surface area contributed by atoms with Crippen LogP contribution in [0.2, 0.25) is 0 Å². The van der Waals surface area contributed by atoms with E-state index in [0.29, 0.717) is 29.1 Å². The maximum atomic E-state index is 12.2. The smallest absolute Gasteiger partial charge is 0.259 e. The Kier molecular flexibility index (Phi) is 3.75. The summed E-state index contributed by atoms with van der Waals surface area (Å²) in [6.07, 6.45) is 0. The zero-order valence-corrected chi connectivity index (χ0v) is 13.0. The minimum atomic E-state index is -0.155. The predicted octanol–water partition coefficient (Wildman–Crippen LogP) is 3.75. The molecule has 1 heterocycles. The molecule has 0 aliphatic carbocycles. The highest BCUT2D eigenvalue weighted by molar-refractivity contribution is 9.10. The molecule has 4 nitrogen and oxygen atoms in total. The molecule has 0 amide bonds. The number of hydrogen-bond donors (Lipinski definition) is 1. The van der Waals surface area contributed by atoms with Gasteiger partial charge < -0.3 is 9.72 Å². The van der Waals surface area contributed by atoms with Gasteiger partial charge in [-0.05, 0) is 37.3 Å². The van der Waals surface area contributed by atoms with Gasteiger partial charge in [0, 0.05) is 4.47 Å². The minimum Gasteiger partial charge on any atom is -0.493 e. The first kappa shape index (κ1) is 13.8. The first-order chi connectivity index (χ1) is 10.2. The van der Waals surface area contributed by atoms with Crippen LogP contribution in [0.3, 0.4) is 0 Å². The van der Waals surface area contributed by atoms with E-state index in [2.05, 4.69) is 25.9 Å². The Morgan fingerprint density at radius 2 is 2.05 bits per heavy atom. The quantitative estimate of drug-likeness (QED) is 0.787. The number of fused-ring (bicyclic) bond motifs is 1. The molecule has 1 aromatic heterocycles. The summed E-state index contributed by atoms with van der Waals surface area (Å²) in [7, 11) is 0. The lowest BCUT2D eigenvalue weighted by atomic mass is 10.1. The molecule has 0 aliphatic rings. The number of halogens is 1. The molecule has 0 saturated carbocycles. The molecular formula is C16H13BrN2O2. The van der Waals surface area contributed by atoms with Gasteiger partial charge in [-0.3, -0.25) is 4.79 Å². The van der Waals surface area contributed by atoms with Crippen LogP contribution in [0.5, 0.6) is 5.75 Å². The molecule has 0 atom stereocenters. The molecule has 21 heavy (non-hydrogen) atoms. The fraction of sp³-hybridized carbons (Fsp3) is 0.125. The number of nitrogens with zero attached hydrogens (tertiary/aromatic N) is 1. The largest absolute Gasteiger partial charge is 0.493 e. The summed E-state index contributed by atoms with van der Waals surface area (Å²) < 4.78 is 6.52. The van der Waals surface area contributed by atoms with Crippen LogP contribution >= 0.6 is 15.9 Å². The number of nitrogens with one attached hydrogen (secondary N) is 1. The third-order valence-corrected chi connectivity index (χ3v) is 3.60. The summed E-state index contributed by atoms with van der Waals surface area (Å²) in [6.45, 7) is 2.47. The summed E-state index contributed by atoms with van der Waals surface area (Å²) >= 11 is 3.44. The van der Waals surface area contributed by atoms with Gasteiger partial charge in [-0.15, -0.1) is 0 Å². The van der Waals surface area contributed by atoms with Crippen LogP contribution in [0.4, 0.5) is 0 Å². The summed E-state index contributed by atoms with van der Waals surface area (Å²) in [5, 5.41) is 0.578. The van der Waals surface area contributed by atoms with Crippen molar-refractivity contribution in [3.63, 3.8) is 0 Å². The zero-order chi connectivity index (χ0) is 14.8. The Labute approximate surface area is 129 Å². The second-order valence-electron chi connectivity index (χ2n) is 4.51. The van der Waals surface area contributed by atoms with Crippen LogP contribution < -0.4 is 10.3 Å². The second-order valence-corrected chi connectivity index (χ2v) is 5.42. The Bertz CT molecular complexity index is 858. The average Bonchev–Trinajstić information content (AvgIpc) is 2.49.